The second kappa shape index (κ2) is 5.97. The van der Waals surface area contributed by atoms with Gasteiger partial charge < -0.3 is 0 Å². The van der Waals surface area contributed by atoms with E-state index in [9.17, 15) is 8.78 Å². The number of halogens is 2. The number of hydrogen-bond donors (Lipinski definition) is 1. The van der Waals surface area contributed by atoms with Crippen molar-refractivity contribution < 1.29 is 8.78 Å². The van der Waals surface area contributed by atoms with E-state index in [1.165, 1.54) is 12.1 Å². The third-order valence-corrected chi connectivity index (χ3v) is 3.88. The Balaban J connectivity index is 2.09. The molecule has 2 radical (unpaired) electrons. The van der Waals surface area contributed by atoms with Crippen LogP contribution in [0.2, 0.25) is 0 Å². The Kier molecular flexibility index (Phi) is 4.03. The van der Waals surface area contributed by atoms with Gasteiger partial charge in [-0.1, -0.05) is 60.1 Å². The van der Waals surface area contributed by atoms with E-state index < -0.39 is 11.6 Å². The molecule has 4 heteroatoms. The highest BCUT2D eigenvalue weighted by Gasteiger charge is 2.14. The summed E-state index contributed by atoms with van der Waals surface area (Å²) in [6, 6.07) is 18.0. The number of hydrogen-bond acceptors (Lipinski definition) is 1. The number of rotatable bonds is 2. The average Bonchev–Trinajstić information content (AvgIpc) is 2.54. The van der Waals surface area contributed by atoms with Crippen molar-refractivity contribution in [3.05, 3.63) is 72.3 Å². The van der Waals surface area contributed by atoms with Gasteiger partial charge in [-0.15, -0.1) is 12.6 Å². The first-order valence-corrected chi connectivity index (χ1v) is 7.15. The van der Waals surface area contributed by atoms with Crippen LogP contribution in [0.3, 0.4) is 0 Å². The fourth-order valence-corrected chi connectivity index (χ4v) is 2.68. The molecule has 0 nitrogen and oxygen atoms in total. The molecular formula is C18H11BF2S. The van der Waals surface area contributed by atoms with Gasteiger partial charge in [0, 0.05) is 10.5 Å². The van der Waals surface area contributed by atoms with Crippen LogP contribution in [0.5, 0.6) is 0 Å². The first kappa shape index (κ1) is 14.9. The highest BCUT2D eigenvalue weighted by Crippen LogP contribution is 2.32. The Bertz CT molecular complexity index is 832. The summed E-state index contributed by atoms with van der Waals surface area (Å²) >= 11 is 4.42. The molecular weight excluding hydrogens is 297 g/mol. The fraction of sp³-hybridized carbons (Fsp3) is 0. The molecule has 0 N–H and O–H groups in total. The van der Waals surface area contributed by atoms with Gasteiger partial charge in [0.1, 0.15) is 7.85 Å². The lowest BCUT2D eigenvalue weighted by atomic mass is 9.92. The van der Waals surface area contributed by atoms with Crippen molar-refractivity contribution in [1.29, 1.82) is 0 Å². The summed E-state index contributed by atoms with van der Waals surface area (Å²) in [5.41, 5.74) is 2.47. The first-order chi connectivity index (χ1) is 10.6. The standard InChI is InChI=1S/C18H11BF2S/c19-15-9-8-14(17(20)18(15)21)13-7-6-12(10-16(13)22)11-4-2-1-3-5-11/h1-10,22H. The fourth-order valence-electron chi connectivity index (χ4n) is 2.34. The summed E-state index contributed by atoms with van der Waals surface area (Å²) < 4.78 is 27.7. The van der Waals surface area contributed by atoms with Crippen LogP contribution in [0.15, 0.2) is 65.6 Å². The van der Waals surface area contributed by atoms with E-state index in [-0.39, 0.29) is 11.0 Å². The van der Waals surface area contributed by atoms with Crippen molar-refractivity contribution in [3.8, 4) is 22.3 Å². The summed E-state index contributed by atoms with van der Waals surface area (Å²) in [6.07, 6.45) is 0. The lowest BCUT2D eigenvalue weighted by Gasteiger charge is -2.11. The van der Waals surface area contributed by atoms with Crippen LogP contribution in [0.4, 0.5) is 8.78 Å². The predicted molar refractivity (Wildman–Crippen MR) is 89.9 cm³/mol. The number of benzene rings is 3. The summed E-state index contributed by atoms with van der Waals surface area (Å²) in [5, 5.41) is 0. The van der Waals surface area contributed by atoms with Crippen LogP contribution in [-0.4, -0.2) is 7.85 Å². The topological polar surface area (TPSA) is 0 Å². The first-order valence-electron chi connectivity index (χ1n) is 6.70. The van der Waals surface area contributed by atoms with Crippen molar-refractivity contribution in [2.45, 2.75) is 4.90 Å². The molecule has 0 fully saturated rings. The highest BCUT2D eigenvalue weighted by molar-refractivity contribution is 7.80. The molecule has 106 valence electrons. The molecule has 3 aromatic rings. The normalized spacial score (nSPS) is 10.7. The summed E-state index contributed by atoms with van der Waals surface area (Å²) in [5.74, 6) is -1.99. The van der Waals surface area contributed by atoms with Gasteiger partial charge in [0.05, 0.1) is 0 Å². The Morgan fingerprint density at radius 2 is 1.41 bits per heavy atom. The Morgan fingerprint density at radius 1 is 0.727 bits per heavy atom. The van der Waals surface area contributed by atoms with Crippen LogP contribution in [0.25, 0.3) is 22.3 Å². The van der Waals surface area contributed by atoms with E-state index in [1.807, 2.05) is 42.5 Å². The average molecular weight is 308 g/mol. The van der Waals surface area contributed by atoms with E-state index in [1.54, 1.807) is 6.07 Å². The second-order valence-corrected chi connectivity index (χ2v) is 5.41. The number of thiol groups is 1. The van der Waals surface area contributed by atoms with Gasteiger partial charge in [-0.25, -0.2) is 8.78 Å². The molecule has 3 aromatic carbocycles. The Hall–Kier alpha value is -2.07. The van der Waals surface area contributed by atoms with E-state index in [2.05, 4.69) is 12.6 Å². The third kappa shape index (κ3) is 2.66. The van der Waals surface area contributed by atoms with Crippen molar-refractivity contribution in [3.63, 3.8) is 0 Å². The molecule has 22 heavy (non-hydrogen) atoms. The smallest absolute Gasteiger partial charge is 0.166 e. The third-order valence-electron chi connectivity index (χ3n) is 3.51. The molecule has 0 unspecified atom stereocenters. The monoisotopic (exact) mass is 308 g/mol. The van der Waals surface area contributed by atoms with Crippen LogP contribution in [0, 0.1) is 11.6 Å². The van der Waals surface area contributed by atoms with Gasteiger partial charge in [0.2, 0.25) is 0 Å². The largest absolute Gasteiger partial charge is 0.204 e. The van der Waals surface area contributed by atoms with Gasteiger partial charge in [0.25, 0.3) is 0 Å². The van der Waals surface area contributed by atoms with Crippen molar-refractivity contribution >= 4 is 25.9 Å². The maximum Gasteiger partial charge on any atom is 0.166 e. The maximum absolute atomic E-state index is 14.1. The molecule has 0 atom stereocenters. The summed E-state index contributed by atoms with van der Waals surface area (Å²) in [7, 11) is 5.37. The minimum Gasteiger partial charge on any atom is -0.204 e. The minimum absolute atomic E-state index is 0.149. The van der Waals surface area contributed by atoms with E-state index in [4.69, 9.17) is 7.85 Å². The van der Waals surface area contributed by atoms with Crippen LogP contribution >= 0.6 is 12.6 Å². The SMILES string of the molecule is [B]c1ccc(-c2ccc(-c3ccccc3)cc2S)c(F)c1F. The van der Waals surface area contributed by atoms with Gasteiger partial charge in [-0.2, -0.15) is 0 Å². The molecule has 0 amide bonds. The zero-order valence-corrected chi connectivity index (χ0v) is 12.4. The Labute approximate surface area is 134 Å². The molecule has 0 aliphatic carbocycles. The lowest BCUT2D eigenvalue weighted by molar-refractivity contribution is 0.516. The maximum atomic E-state index is 14.1. The molecule has 0 heterocycles. The molecule has 0 spiro atoms. The molecule has 0 saturated heterocycles. The summed E-state index contributed by atoms with van der Waals surface area (Å²) in [4.78, 5) is 0.574. The van der Waals surface area contributed by atoms with E-state index in [0.717, 1.165) is 11.1 Å². The molecule has 0 saturated carbocycles. The molecule has 0 bridgehead atoms. The molecule has 0 aromatic heterocycles. The van der Waals surface area contributed by atoms with Crippen LogP contribution in [0.1, 0.15) is 0 Å². The minimum atomic E-state index is -1.03. The molecule has 3 rings (SSSR count). The molecule has 0 aliphatic rings. The van der Waals surface area contributed by atoms with E-state index in [0.29, 0.717) is 10.5 Å². The van der Waals surface area contributed by atoms with Crippen molar-refractivity contribution in [2.75, 3.05) is 0 Å². The van der Waals surface area contributed by atoms with Crippen LogP contribution < -0.4 is 5.46 Å². The van der Waals surface area contributed by atoms with Gasteiger partial charge in [0.15, 0.2) is 11.6 Å². The summed E-state index contributed by atoms with van der Waals surface area (Å²) in [6.45, 7) is 0. The zero-order chi connectivity index (χ0) is 15.7. The van der Waals surface area contributed by atoms with Gasteiger partial charge in [-0.3, -0.25) is 0 Å². The van der Waals surface area contributed by atoms with Gasteiger partial charge in [-0.05, 0) is 22.8 Å². The van der Waals surface area contributed by atoms with Crippen LogP contribution in [-0.2, 0) is 0 Å². The van der Waals surface area contributed by atoms with E-state index >= 15 is 0 Å². The van der Waals surface area contributed by atoms with Crippen molar-refractivity contribution in [1.82, 2.24) is 0 Å². The van der Waals surface area contributed by atoms with Crippen molar-refractivity contribution in [2.24, 2.45) is 0 Å². The Morgan fingerprint density at radius 3 is 2.09 bits per heavy atom. The second-order valence-electron chi connectivity index (χ2n) is 4.93. The highest BCUT2D eigenvalue weighted by atomic mass is 32.1. The predicted octanol–water partition coefficient (Wildman–Crippen LogP) is 4.38. The van der Waals surface area contributed by atoms with Gasteiger partial charge >= 0.3 is 0 Å². The lowest BCUT2D eigenvalue weighted by Crippen LogP contribution is -2.11. The quantitative estimate of drug-likeness (QED) is 0.527. The molecule has 0 aliphatic heterocycles. The zero-order valence-electron chi connectivity index (χ0n) is 11.6.